The number of hydrogen-bond donors (Lipinski definition) is 1. The van der Waals surface area contributed by atoms with E-state index in [9.17, 15) is 5.11 Å². The predicted octanol–water partition coefficient (Wildman–Crippen LogP) is 1.47. The summed E-state index contributed by atoms with van der Waals surface area (Å²) in [7, 11) is 1.57. The third-order valence-corrected chi connectivity index (χ3v) is 3.98. The fourth-order valence-electron chi connectivity index (χ4n) is 2.78. The molecule has 1 N–H and O–H groups in total. The molecule has 0 aromatic heterocycles. The van der Waals surface area contributed by atoms with Gasteiger partial charge in [-0.05, 0) is 0 Å². The van der Waals surface area contributed by atoms with Crippen LogP contribution < -0.4 is 0 Å². The quantitative estimate of drug-likeness (QED) is 0.889. The Morgan fingerprint density at radius 1 is 1.20 bits per heavy atom. The lowest BCUT2D eigenvalue weighted by molar-refractivity contribution is -0.348. The first kappa shape index (κ1) is 14.0. The Kier molecular flexibility index (Phi) is 4.05. The highest BCUT2D eigenvalue weighted by molar-refractivity contribution is 5.16. The Morgan fingerprint density at radius 2 is 1.95 bits per heavy atom. The molecule has 0 spiro atoms. The second-order valence-corrected chi connectivity index (χ2v) is 5.30. The van der Waals surface area contributed by atoms with Crippen LogP contribution in [0.25, 0.3) is 0 Å². The molecule has 2 aliphatic rings. The van der Waals surface area contributed by atoms with Crippen LogP contribution in [0.3, 0.4) is 0 Å². The Bertz CT molecular complexity index is 435. The average Bonchev–Trinajstić information content (AvgIpc) is 2.51. The number of methoxy groups -OCH3 is 1. The largest absolute Gasteiger partial charge is 0.390 e. The van der Waals surface area contributed by atoms with Crippen LogP contribution in [0.15, 0.2) is 30.3 Å². The van der Waals surface area contributed by atoms with Crippen LogP contribution in [0.2, 0.25) is 0 Å². The zero-order valence-electron chi connectivity index (χ0n) is 11.6. The summed E-state index contributed by atoms with van der Waals surface area (Å²) in [5.41, 5.74) is 0.944. The standard InChI is InChI=1S/C15H20O5/c1-9-12(16)13-11(19-14(9)17-2)8-18-15(20-13)10-6-4-3-5-7-10/h3-7,9,11-16H,8H2,1-2H3/t9?,11?,12-,13-,14+,15?/m1/s1. The van der Waals surface area contributed by atoms with Crippen LogP contribution in [-0.2, 0) is 18.9 Å². The van der Waals surface area contributed by atoms with Crippen molar-refractivity contribution in [3.63, 3.8) is 0 Å². The second kappa shape index (κ2) is 5.79. The minimum Gasteiger partial charge on any atom is -0.390 e. The highest BCUT2D eigenvalue weighted by Gasteiger charge is 2.47. The van der Waals surface area contributed by atoms with Crippen molar-refractivity contribution >= 4 is 0 Å². The highest BCUT2D eigenvalue weighted by Crippen LogP contribution is 2.36. The number of aliphatic hydroxyl groups is 1. The van der Waals surface area contributed by atoms with Gasteiger partial charge in [-0.3, -0.25) is 0 Å². The molecular weight excluding hydrogens is 260 g/mol. The molecule has 5 heteroatoms. The van der Waals surface area contributed by atoms with E-state index >= 15 is 0 Å². The van der Waals surface area contributed by atoms with E-state index in [1.54, 1.807) is 7.11 Å². The summed E-state index contributed by atoms with van der Waals surface area (Å²) in [6.07, 6.45) is -2.20. The van der Waals surface area contributed by atoms with Gasteiger partial charge in [0.25, 0.3) is 0 Å². The van der Waals surface area contributed by atoms with Crippen molar-refractivity contribution < 1.29 is 24.1 Å². The zero-order chi connectivity index (χ0) is 14.1. The summed E-state index contributed by atoms with van der Waals surface area (Å²) < 4.78 is 22.6. The maximum Gasteiger partial charge on any atom is 0.184 e. The van der Waals surface area contributed by atoms with Crippen LogP contribution in [0.5, 0.6) is 0 Å². The lowest BCUT2D eigenvalue weighted by atomic mass is 9.91. The number of rotatable bonds is 2. The maximum atomic E-state index is 10.4. The number of ether oxygens (including phenoxy) is 4. The molecule has 2 aliphatic heterocycles. The van der Waals surface area contributed by atoms with Gasteiger partial charge in [0.1, 0.15) is 12.2 Å². The van der Waals surface area contributed by atoms with Crippen LogP contribution in [0, 0.1) is 5.92 Å². The van der Waals surface area contributed by atoms with E-state index in [1.807, 2.05) is 37.3 Å². The SMILES string of the molecule is CO[C@H]1OC2COC(c3ccccc3)O[C@H]2[C@H](O)C1C. The Balaban J connectivity index is 1.74. The smallest absolute Gasteiger partial charge is 0.184 e. The van der Waals surface area contributed by atoms with Crippen molar-refractivity contribution in [3.05, 3.63) is 35.9 Å². The Hall–Kier alpha value is -0.980. The first-order chi connectivity index (χ1) is 9.70. The summed E-state index contributed by atoms with van der Waals surface area (Å²) in [6.45, 7) is 2.28. The maximum absolute atomic E-state index is 10.4. The lowest BCUT2D eigenvalue weighted by Gasteiger charge is -2.46. The minimum absolute atomic E-state index is 0.143. The molecule has 6 atom stereocenters. The molecule has 3 unspecified atom stereocenters. The van der Waals surface area contributed by atoms with Gasteiger partial charge in [0, 0.05) is 18.6 Å². The molecule has 2 saturated heterocycles. The van der Waals surface area contributed by atoms with E-state index in [0.29, 0.717) is 6.61 Å². The summed E-state index contributed by atoms with van der Waals surface area (Å²) in [6, 6.07) is 9.71. The predicted molar refractivity (Wildman–Crippen MR) is 70.8 cm³/mol. The van der Waals surface area contributed by atoms with Gasteiger partial charge in [-0.1, -0.05) is 37.3 Å². The molecule has 0 bridgehead atoms. The van der Waals surface area contributed by atoms with Crippen LogP contribution in [0.4, 0.5) is 0 Å². The van der Waals surface area contributed by atoms with E-state index in [4.69, 9.17) is 18.9 Å². The second-order valence-electron chi connectivity index (χ2n) is 5.30. The van der Waals surface area contributed by atoms with Gasteiger partial charge in [-0.2, -0.15) is 0 Å². The van der Waals surface area contributed by atoms with Crippen molar-refractivity contribution in [2.75, 3.05) is 13.7 Å². The van der Waals surface area contributed by atoms with Gasteiger partial charge in [-0.25, -0.2) is 0 Å². The summed E-state index contributed by atoms with van der Waals surface area (Å²) in [5.74, 6) is -0.143. The summed E-state index contributed by atoms with van der Waals surface area (Å²) in [4.78, 5) is 0. The highest BCUT2D eigenvalue weighted by atomic mass is 16.7. The molecule has 0 amide bonds. The monoisotopic (exact) mass is 280 g/mol. The molecular formula is C15H20O5. The van der Waals surface area contributed by atoms with E-state index in [-0.39, 0.29) is 12.0 Å². The first-order valence-electron chi connectivity index (χ1n) is 6.89. The molecule has 2 fully saturated rings. The summed E-state index contributed by atoms with van der Waals surface area (Å²) >= 11 is 0. The van der Waals surface area contributed by atoms with Gasteiger partial charge in [0.05, 0.1) is 12.7 Å². The van der Waals surface area contributed by atoms with Gasteiger partial charge in [0.2, 0.25) is 0 Å². The van der Waals surface area contributed by atoms with Gasteiger partial charge >= 0.3 is 0 Å². The third kappa shape index (κ3) is 2.47. The molecule has 20 heavy (non-hydrogen) atoms. The number of hydrogen-bond acceptors (Lipinski definition) is 5. The molecule has 2 heterocycles. The molecule has 110 valence electrons. The van der Waals surface area contributed by atoms with Crippen LogP contribution in [0.1, 0.15) is 18.8 Å². The molecule has 5 nitrogen and oxygen atoms in total. The molecule has 1 aromatic rings. The van der Waals surface area contributed by atoms with Gasteiger partial charge < -0.3 is 24.1 Å². The zero-order valence-corrected chi connectivity index (χ0v) is 11.6. The molecule has 0 aliphatic carbocycles. The van der Waals surface area contributed by atoms with E-state index in [0.717, 1.165) is 5.56 Å². The van der Waals surface area contributed by atoms with Crippen molar-refractivity contribution in [2.24, 2.45) is 5.92 Å². The minimum atomic E-state index is -0.631. The Morgan fingerprint density at radius 3 is 2.65 bits per heavy atom. The molecule has 0 radical (unpaired) electrons. The fraction of sp³-hybridized carbons (Fsp3) is 0.600. The topological polar surface area (TPSA) is 57.2 Å². The molecule has 0 saturated carbocycles. The number of aliphatic hydroxyl groups excluding tert-OH is 1. The first-order valence-corrected chi connectivity index (χ1v) is 6.89. The van der Waals surface area contributed by atoms with Gasteiger partial charge in [-0.15, -0.1) is 0 Å². The van der Waals surface area contributed by atoms with Crippen molar-refractivity contribution in [1.29, 1.82) is 0 Å². The number of fused-ring (bicyclic) bond motifs is 1. The van der Waals surface area contributed by atoms with Crippen LogP contribution >= 0.6 is 0 Å². The van der Waals surface area contributed by atoms with Crippen LogP contribution in [-0.4, -0.2) is 43.4 Å². The fourth-order valence-corrected chi connectivity index (χ4v) is 2.78. The average molecular weight is 280 g/mol. The van der Waals surface area contributed by atoms with Crippen molar-refractivity contribution in [2.45, 2.75) is 37.8 Å². The molecule has 3 rings (SSSR count). The Labute approximate surface area is 118 Å². The van der Waals surface area contributed by atoms with Gasteiger partial charge in [0.15, 0.2) is 12.6 Å². The summed E-state index contributed by atoms with van der Waals surface area (Å²) in [5, 5.41) is 10.4. The lowest BCUT2D eigenvalue weighted by Crippen LogP contribution is -2.58. The van der Waals surface area contributed by atoms with E-state index < -0.39 is 24.8 Å². The number of benzene rings is 1. The van der Waals surface area contributed by atoms with Crippen molar-refractivity contribution in [1.82, 2.24) is 0 Å². The van der Waals surface area contributed by atoms with E-state index in [2.05, 4.69) is 0 Å². The normalized spacial score (nSPS) is 41.1. The third-order valence-electron chi connectivity index (χ3n) is 3.98. The molecule has 1 aromatic carbocycles. The van der Waals surface area contributed by atoms with E-state index in [1.165, 1.54) is 0 Å². The van der Waals surface area contributed by atoms with Crippen molar-refractivity contribution in [3.8, 4) is 0 Å².